The molecule has 0 bridgehead atoms. The van der Waals surface area contributed by atoms with E-state index in [0.29, 0.717) is 11.0 Å². The maximum Gasteiger partial charge on any atom is 0.511 e. The Morgan fingerprint density at radius 1 is 1.40 bits per heavy atom. The van der Waals surface area contributed by atoms with Gasteiger partial charge in [0.25, 0.3) is 0 Å². The van der Waals surface area contributed by atoms with Gasteiger partial charge in [0, 0.05) is 6.07 Å². The van der Waals surface area contributed by atoms with Gasteiger partial charge in [0.05, 0.1) is 17.2 Å². The number of fused-ring (bicyclic) bond motifs is 1. The van der Waals surface area contributed by atoms with Crippen molar-refractivity contribution in [3.05, 3.63) is 29.5 Å². The second-order valence-corrected chi connectivity index (χ2v) is 3.10. The summed E-state index contributed by atoms with van der Waals surface area (Å²) in [4.78, 5) is 18.3. The molecule has 1 aromatic heterocycles. The predicted octanol–water partition coefficient (Wildman–Crippen LogP) is 2.34. The van der Waals surface area contributed by atoms with Gasteiger partial charge in [0.2, 0.25) is 0 Å². The van der Waals surface area contributed by atoms with Crippen LogP contribution in [0.25, 0.3) is 11.0 Å². The molecule has 1 heterocycles. The lowest BCUT2D eigenvalue weighted by molar-refractivity contribution is 0.144. The van der Waals surface area contributed by atoms with E-state index >= 15 is 0 Å². The van der Waals surface area contributed by atoms with E-state index in [1.807, 2.05) is 0 Å². The number of aromatic nitrogens is 2. The number of carboxylic acid groups (broad SMARTS) is 1. The van der Waals surface area contributed by atoms with Gasteiger partial charge in [0.1, 0.15) is 10.9 Å². The molecule has 1 N–H and O–H groups in total. The van der Waals surface area contributed by atoms with Crippen LogP contribution in [0.5, 0.6) is 5.75 Å². The van der Waals surface area contributed by atoms with Crippen molar-refractivity contribution in [2.75, 3.05) is 0 Å². The Balaban J connectivity index is 2.49. The van der Waals surface area contributed by atoms with E-state index in [4.69, 9.17) is 16.7 Å². The third kappa shape index (κ3) is 2.13. The zero-order valence-electron chi connectivity index (χ0n) is 7.35. The smallest absolute Gasteiger partial charge is 0.449 e. The summed E-state index contributed by atoms with van der Waals surface area (Å²) < 4.78 is 4.47. The minimum atomic E-state index is -1.37. The molecule has 0 radical (unpaired) electrons. The van der Waals surface area contributed by atoms with Crippen molar-refractivity contribution in [1.29, 1.82) is 0 Å². The fraction of sp³-hybridized carbons (Fsp3) is 0. The number of ether oxygens (including phenoxy) is 1. The van der Waals surface area contributed by atoms with E-state index in [1.54, 1.807) is 6.07 Å². The fourth-order valence-electron chi connectivity index (χ4n) is 1.13. The third-order valence-electron chi connectivity index (χ3n) is 1.69. The van der Waals surface area contributed by atoms with Crippen LogP contribution in [-0.4, -0.2) is 21.2 Å². The van der Waals surface area contributed by atoms with E-state index in [0.717, 1.165) is 0 Å². The van der Waals surface area contributed by atoms with Crippen LogP contribution in [0.4, 0.5) is 4.79 Å². The number of rotatable bonds is 1. The lowest BCUT2D eigenvalue weighted by Crippen LogP contribution is -2.02. The molecule has 0 aliphatic carbocycles. The lowest BCUT2D eigenvalue weighted by Gasteiger charge is -2.01. The molecule has 2 aromatic rings. The van der Waals surface area contributed by atoms with Crippen molar-refractivity contribution in [3.8, 4) is 5.75 Å². The molecule has 2 rings (SSSR count). The zero-order chi connectivity index (χ0) is 10.8. The average molecular weight is 225 g/mol. The van der Waals surface area contributed by atoms with Crippen molar-refractivity contribution in [2.45, 2.75) is 0 Å². The molecule has 1 aromatic carbocycles. The Kier molecular flexibility index (Phi) is 2.39. The van der Waals surface area contributed by atoms with Gasteiger partial charge in [-0.2, -0.15) is 0 Å². The van der Waals surface area contributed by atoms with Gasteiger partial charge in [-0.3, -0.25) is 4.98 Å². The van der Waals surface area contributed by atoms with Crippen LogP contribution in [0.15, 0.2) is 24.4 Å². The van der Waals surface area contributed by atoms with Crippen molar-refractivity contribution in [2.24, 2.45) is 0 Å². The molecule has 0 aliphatic rings. The second-order valence-electron chi connectivity index (χ2n) is 2.71. The molecule has 0 unspecified atom stereocenters. The van der Waals surface area contributed by atoms with Gasteiger partial charge in [-0.05, 0) is 12.1 Å². The number of benzene rings is 1. The first-order valence-electron chi connectivity index (χ1n) is 3.98. The largest absolute Gasteiger partial charge is 0.511 e. The first-order valence-corrected chi connectivity index (χ1v) is 4.36. The normalized spacial score (nSPS) is 10.2. The van der Waals surface area contributed by atoms with Gasteiger partial charge in [-0.25, -0.2) is 9.78 Å². The minimum Gasteiger partial charge on any atom is -0.449 e. The Bertz CT molecular complexity index is 530. The SMILES string of the molecule is O=C(O)Oc1ccc2ncc(Cl)nc2c1. The summed E-state index contributed by atoms with van der Waals surface area (Å²) in [5, 5.41) is 8.65. The first-order chi connectivity index (χ1) is 7.15. The maximum atomic E-state index is 10.3. The lowest BCUT2D eigenvalue weighted by atomic mass is 10.3. The van der Waals surface area contributed by atoms with Crippen LogP contribution >= 0.6 is 11.6 Å². The molecule has 0 saturated carbocycles. The summed E-state index contributed by atoms with van der Waals surface area (Å²) in [6.07, 6.45) is 0.0473. The number of nitrogens with zero attached hydrogens (tertiary/aromatic N) is 2. The quantitative estimate of drug-likeness (QED) is 0.595. The minimum absolute atomic E-state index is 0.187. The highest BCUT2D eigenvalue weighted by Crippen LogP contribution is 2.19. The molecular formula is C9H5ClN2O3. The highest BCUT2D eigenvalue weighted by atomic mass is 35.5. The number of halogens is 1. The predicted molar refractivity (Wildman–Crippen MR) is 53.2 cm³/mol. The topological polar surface area (TPSA) is 72.3 Å². The average Bonchev–Trinajstić information content (AvgIpc) is 2.16. The standard InChI is InChI=1S/C9H5ClN2O3/c10-8-4-11-6-2-1-5(15-9(13)14)3-7(6)12-8/h1-4H,(H,13,14). The van der Waals surface area contributed by atoms with Crippen LogP contribution in [0, 0.1) is 0 Å². The molecule has 15 heavy (non-hydrogen) atoms. The summed E-state index contributed by atoms with van der Waals surface area (Å²) in [7, 11) is 0. The Hall–Kier alpha value is -1.88. The molecule has 76 valence electrons. The van der Waals surface area contributed by atoms with E-state index in [2.05, 4.69) is 14.7 Å². The van der Waals surface area contributed by atoms with E-state index in [-0.39, 0.29) is 10.9 Å². The molecule has 0 saturated heterocycles. The number of hydrogen-bond acceptors (Lipinski definition) is 4. The van der Waals surface area contributed by atoms with Crippen LogP contribution in [0.2, 0.25) is 5.15 Å². The van der Waals surface area contributed by atoms with Gasteiger partial charge in [0.15, 0.2) is 0 Å². The summed E-state index contributed by atoms with van der Waals surface area (Å²) in [5.74, 6) is 0.187. The van der Waals surface area contributed by atoms with Crippen LogP contribution < -0.4 is 4.74 Å². The molecule has 0 fully saturated rings. The highest BCUT2D eigenvalue weighted by Gasteiger charge is 2.04. The maximum absolute atomic E-state index is 10.3. The third-order valence-corrected chi connectivity index (χ3v) is 1.87. The van der Waals surface area contributed by atoms with Gasteiger partial charge in [-0.15, -0.1) is 0 Å². The van der Waals surface area contributed by atoms with Crippen molar-refractivity contribution < 1.29 is 14.6 Å². The first kappa shape index (κ1) is 9.67. The van der Waals surface area contributed by atoms with Crippen LogP contribution in [0.3, 0.4) is 0 Å². The molecule has 0 aliphatic heterocycles. The zero-order valence-corrected chi connectivity index (χ0v) is 8.10. The van der Waals surface area contributed by atoms with Crippen molar-refractivity contribution in [1.82, 2.24) is 9.97 Å². The van der Waals surface area contributed by atoms with Gasteiger partial charge >= 0.3 is 6.16 Å². The molecule has 6 heteroatoms. The Labute approximate surface area is 89.3 Å². The molecule has 0 atom stereocenters. The van der Waals surface area contributed by atoms with Crippen LogP contribution in [0.1, 0.15) is 0 Å². The van der Waals surface area contributed by atoms with Crippen molar-refractivity contribution in [3.63, 3.8) is 0 Å². The summed E-state index contributed by atoms with van der Waals surface area (Å²) in [6, 6.07) is 4.57. The molecule has 0 spiro atoms. The highest BCUT2D eigenvalue weighted by molar-refractivity contribution is 6.29. The van der Waals surface area contributed by atoms with E-state index in [9.17, 15) is 4.79 Å². The second kappa shape index (κ2) is 3.70. The van der Waals surface area contributed by atoms with E-state index in [1.165, 1.54) is 18.3 Å². The summed E-state index contributed by atoms with van der Waals surface area (Å²) in [5.41, 5.74) is 1.11. The Morgan fingerprint density at radius 3 is 2.93 bits per heavy atom. The Morgan fingerprint density at radius 2 is 2.20 bits per heavy atom. The van der Waals surface area contributed by atoms with Crippen molar-refractivity contribution >= 4 is 28.8 Å². The molecule has 5 nitrogen and oxygen atoms in total. The van der Waals surface area contributed by atoms with Crippen LogP contribution in [-0.2, 0) is 0 Å². The summed E-state index contributed by atoms with van der Waals surface area (Å²) >= 11 is 5.65. The number of carbonyl (C=O) groups is 1. The number of hydrogen-bond donors (Lipinski definition) is 1. The molecule has 0 amide bonds. The van der Waals surface area contributed by atoms with Gasteiger partial charge < -0.3 is 9.84 Å². The van der Waals surface area contributed by atoms with Gasteiger partial charge in [-0.1, -0.05) is 11.6 Å². The molecular weight excluding hydrogens is 220 g/mol. The van der Waals surface area contributed by atoms with E-state index < -0.39 is 6.16 Å². The monoisotopic (exact) mass is 224 g/mol. The summed E-state index contributed by atoms with van der Waals surface area (Å²) in [6.45, 7) is 0. The fourth-order valence-corrected chi connectivity index (χ4v) is 1.27.